The van der Waals surface area contributed by atoms with Crippen molar-refractivity contribution in [3.05, 3.63) is 33.9 Å². The zero-order valence-electron chi connectivity index (χ0n) is 6.92. The Morgan fingerprint density at radius 1 is 1.62 bits per heavy atom. The maximum atomic E-state index is 8.66. The van der Waals surface area contributed by atoms with Gasteiger partial charge in [0.1, 0.15) is 0 Å². The summed E-state index contributed by atoms with van der Waals surface area (Å²) >= 11 is 3.34. The quantitative estimate of drug-likeness (QED) is 0.690. The van der Waals surface area contributed by atoms with Gasteiger partial charge >= 0.3 is 0 Å². The van der Waals surface area contributed by atoms with E-state index >= 15 is 0 Å². The molecule has 0 radical (unpaired) electrons. The molecule has 1 aliphatic rings. The predicted molar refractivity (Wildman–Crippen MR) is 53.6 cm³/mol. The molecular weight excluding hydrogens is 228 g/mol. The average molecular weight is 235 g/mol. The summed E-state index contributed by atoms with van der Waals surface area (Å²) in [6.45, 7) is 0. The second-order valence-corrected chi connectivity index (χ2v) is 3.54. The van der Waals surface area contributed by atoms with Gasteiger partial charge in [0.2, 0.25) is 0 Å². The summed E-state index contributed by atoms with van der Waals surface area (Å²) < 4.78 is 1.04. The molecule has 3 heteroatoms. The van der Waals surface area contributed by atoms with Gasteiger partial charge in [-0.05, 0) is 24.1 Å². The number of allylic oxidation sites excluding steroid dienone is 6. The van der Waals surface area contributed by atoms with Crippen LogP contribution in [0.25, 0.3) is 0 Å². The molecule has 0 bridgehead atoms. The highest BCUT2D eigenvalue weighted by molar-refractivity contribution is 9.11. The van der Waals surface area contributed by atoms with Crippen LogP contribution in [0.15, 0.2) is 33.9 Å². The Morgan fingerprint density at radius 3 is 2.85 bits per heavy atom. The van der Waals surface area contributed by atoms with E-state index in [1.165, 1.54) is 0 Å². The molecule has 0 atom stereocenters. The smallest absolute Gasteiger partial charge is 0.0958 e. The summed E-state index contributed by atoms with van der Waals surface area (Å²) in [4.78, 5) is 0. The lowest BCUT2D eigenvalue weighted by atomic mass is 10.1. The minimum Gasteiger partial charge on any atom is -0.198 e. The van der Waals surface area contributed by atoms with Crippen molar-refractivity contribution in [2.45, 2.75) is 12.8 Å². The molecule has 0 aromatic rings. The van der Waals surface area contributed by atoms with Gasteiger partial charge in [-0.3, -0.25) is 0 Å². The maximum Gasteiger partial charge on any atom is 0.0958 e. The summed E-state index contributed by atoms with van der Waals surface area (Å²) in [6.07, 6.45) is 6.76. The van der Waals surface area contributed by atoms with Crippen molar-refractivity contribution in [1.29, 1.82) is 10.5 Å². The van der Waals surface area contributed by atoms with Crippen LogP contribution in [0.2, 0.25) is 0 Å². The van der Waals surface area contributed by atoms with Gasteiger partial charge in [-0.25, -0.2) is 0 Å². The van der Waals surface area contributed by atoms with Crippen molar-refractivity contribution >= 4 is 15.9 Å². The molecule has 0 aliphatic heterocycles. The summed E-state index contributed by atoms with van der Waals surface area (Å²) in [5, 5.41) is 17.1. The fraction of sp³-hybridized carbons (Fsp3) is 0.200. The summed E-state index contributed by atoms with van der Waals surface area (Å²) in [5.41, 5.74) is 1.59. The third kappa shape index (κ3) is 2.89. The molecule has 0 amide bonds. The number of halogens is 1. The molecule has 0 N–H and O–H groups in total. The van der Waals surface area contributed by atoms with E-state index in [-0.39, 0.29) is 6.42 Å². The molecule has 0 spiro atoms. The molecule has 64 valence electrons. The van der Waals surface area contributed by atoms with E-state index < -0.39 is 0 Å². The Hall–Kier alpha value is -1.32. The Bertz CT molecular complexity index is 375. The van der Waals surface area contributed by atoms with E-state index in [9.17, 15) is 0 Å². The van der Waals surface area contributed by atoms with E-state index in [0.29, 0.717) is 5.57 Å². The fourth-order valence-electron chi connectivity index (χ4n) is 1.04. The average Bonchev–Trinajstić information content (AvgIpc) is 2.50. The Labute approximate surface area is 85.6 Å². The minimum absolute atomic E-state index is 0.186. The molecule has 0 aromatic carbocycles. The standard InChI is InChI=1S/C10H7BrN2/c11-10-2-1-8(6-10)5-9(7-13)3-4-12/h2,5-6H,1,3H2/b9-5+. The van der Waals surface area contributed by atoms with Crippen LogP contribution in [0.5, 0.6) is 0 Å². The Kier molecular flexibility index (Phi) is 3.49. The van der Waals surface area contributed by atoms with E-state index in [2.05, 4.69) is 15.9 Å². The Balaban J connectivity index is 2.73. The number of nitriles is 2. The van der Waals surface area contributed by atoms with Gasteiger partial charge in [-0.15, -0.1) is 0 Å². The molecule has 0 saturated heterocycles. The van der Waals surface area contributed by atoms with E-state index in [0.717, 1.165) is 16.5 Å². The molecule has 0 fully saturated rings. The zero-order chi connectivity index (χ0) is 9.68. The first-order valence-electron chi connectivity index (χ1n) is 3.80. The summed E-state index contributed by atoms with van der Waals surface area (Å²) in [7, 11) is 0. The Morgan fingerprint density at radius 2 is 2.38 bits per heavy atom. The van der Waals surface area contributed by atoms with Gasteiger partial charge in [0.25, 0.3) is 0 Å². The van der Waals surface area contributed by atoms with Crippen molar-refractivity contribution < 1.29 is 0 Å². The van der Waals surface area contributed by atoms with Crippen LogP contribution >= 0.6 is 15.9 Å². The molecule has 0 heterocycles. The van der Waals surface area contributed by atoms with Gasteiger partial charge in [-0.1, -0.05) is 22.0 Å². The monoisotopic (exact) mass is 234 g/mol. The van der Waals surface area contributed by atoms with Crippen molar-refractivity contribution in [1.82, 2.24) is 0 Å². The SMILES string of the molecule is N#CC/C(C#N)=C\C1=CC(Br)=CC1. The number of nitrogens with zero attached hydrogens (tertiary/aromatic N) is 2. The van der Waals surface area contributed by atoms with Crippen LogP contribution in [-0.2, 0) is 0 Å². The van der Waals surface area contributed by atoms with Crippen LogP contribution in [0.3, 0.4) is 0 Å². The lowest BCUT2D eigenvalue weighted by Gasteiger charge is -1.92. The predicted octanol–water partition coefficient (Wildman–Crippen LogP) is 2.96. The van der Waals surface area contributed by atoms with Gasteiger partial charge in [0.05, 0.1) is 18.6 Å². The van der Waals surface area contributed by atoms with Crippen molar-refractivity contribution in [3.8, 4) is 12.1 Å². The van der Waals surface area contributed by atoms with Crippen LogP contribution in [0.4, 0.5) is 0 Å². The zero-order valence-corrected chi connectivity index (χ0v) is 8.50. The molecule has 0 saturated carbocycles. The lowest BCUT2D eigenvalue weighted by molar-refractivity contribution is 1.24. The normalized spacial score (nSPS) is 15.8. The second-order valence-electron chi connectivity index (χ2n) is 2.63. The van der Waals surface area contributed by atoms with E-state index in [1.807, 2.05) is 24.3 Å². The molecule has 13 heavy (non-hydrogen) atoms. The second kappa shape index (κ2) is 4.64. The largest absolute Gasteiger partial charge is 0.198 e. The topological polar surface area (TPSA) is 47.6 Å². The van der Waals surface area contributed by atoms with E-state index in [4.69, 9.17) is 10.5 Å². The number of rotatable bonds is 2. The van der Waals surface area contributed by atoms with Crippen LogP contribution < -0.4 is 0 Å². The minimum atomic E-state index is 0.186. The molecular formula is C10H7BrN2. The molecule has 1 aliphatic carbocycles. The third-order valence-corrected chi connectivity index (χ3v) is 2.18. The lowest BCUT2D eigenvalue weighted by Crippen LogP contribution is -1.79. The number of hydrogen-bond donors (Lipinski definition) is 0. The number of hydrogen-bond acceptors (Lipinski definition) is 2. The van der Waals surface area contributed by atoms with Crippen molar-refractivity contribution in [3.63, 3.8) is 0 Å². The fourth-order valence-corrected chi connectivity index (χ4v) is 1.50. The van der Waals surface area contributed by atoms with Crippen LogP contribution in [-0.4, -0.2) is 0 Å². The van der Waals surface area contributed by atoms with Crippen molar-refractivity contribution in [2.24, 2.45) is 0 Å². The molecule has 2 nitrogen and oxygen atoms in total. The highest BCUT2D eigenvalue weighted by Crippen LogP contribution is 2.23. The van der Waals surface area contributed by atoms with Gasteiger partial charge in [-0.2, -0.15) is 10.5 Å². The molecule has 0 unspecified atom stereocenters. The van der Waals surface area contributed by atoms with E-state index in [1.54, 1.807) is 6.08 Å². The highest BCUT2D eigenvalue weighted by Gasteiger charge is 2.03. The highest BCUT2D eigenvalue weighted by atomic mass is 79.9. The van der Waals surface area contributed by atoms with Gasteiger partial charge in [0.15, 0.2) is 0 Å². The first kappa shape index (κ1) is 9.77. The summed E-state index contributed by atoms with van der Waals surface area (Å²) in [5.74, 6) is 0. The first-order valence-corrected chi connectivity index (χ1v) is 4.59. The molecule has 0 aromatic heterocycles. The van der Waals surface area contributed by atoms with Crippen LogP contribution in [0, 0.1) is 22.7 Å². The maximum absolute atomic E-state index is 8.66. The van der Waals surface area contributed by atoms with Crippen LogP contribution in [0.1, 0.15) is 12.8 Å². The first-order chi connectivity index (χ1) is 6.26. The van der Waals surface area contributed by atoms with Gasteiger partial charge in [0, 0.05) is 10.1 Å². The third-order valence-electron chi connectivity index (χ3n) is 1.63. The van der Waals surface area contributed by atoms with Gasteiger partial charge < -0.3 is 0 Å². The van der Waals surface area contributed by atoms with Crippen molar-refractivity contribution in [2.75, 3.05) is 0 Å². The summed E-state index contributed by atoms with van der Waals surface area (Å²) in [6, 6.07) is 3.96. The molecule has 1 rings (SSSR count).